The van der Waals surface area contributed by atoms with E-state index in [1.54, 1.807) is 42.5 Å². The highest BCUT2D eigenvalue weighted by molar-refractivity contribution is 9.10. The summed E-state index contributed by atoms with van der Waals surface area (Å²) in [7, 11) is 0. The molecular weight excluding hydrogens is 424 g/mol. The van der Waals surface area contributed by atoms with Crippen molar-refractivity contribution < 1.29 is 19.1 Å². The standard InChI is InChI=1S/C18H14BrClN2O4/c1-10(23)22-18(12-3-6-14(20)7-4-12)26-17(21-22)15-9-13(19)5-8-16(15)25-11(2)24/h3-9,18H,1-2H3/t18-/m0/s1. The van der Waals surface area contributed by atoms with Gasteiger partial charge in [0, 0.05) is 28.9 Å². The van der Waals surface area contributed by atoms with E-state index >= 15 is 0 Å². The zero-order valence-electron chi connectivity index (χ0n) is 13.9. The molecule has 1 amide bonds. The predicted molar refractivity (Wildman–Crippen MR) is 99.8 cm³/mol. The second-order valence-corrected chi connectivity index (χ2v) is 6.88. The van der Waals surface area contributed by atoms with Crippen LogP contribution in [-0.2, 0) is 14.3 Å². The van der Waals surface area contributed by atoms with Crippen molar-refractivity contribution in [1.29, 1.82) is 0 Å². The van der Waals surface area contributed by atoms with E-state index in [1.165, 1.54) is 18.9 Å². The van der Waals surface area contributed by atoms with Gasteiger partial charge >= 0.3 is 5.97 Å². The summed E-state index contributed by atoms with van der Waals surface area (Å²) in [5, 5.41) is 6.09. The van der Waals surface area contributed by atoms with Crippen LogP contribution < -0.4 is 4.74 Å². The number of amides is 1. The third-order valence-corrected chi connectivity index (χ3v) is 4.29. The molecule has 1 atom stereocenters. The highest BCUT2D eigenvalue weighted by atomic mass is 79.9. The number of benzene rings is 2. The van der Waals surface area contributed by atoms with E-state index in [2.05, 4.69) is 21.0 Å². The summed E-state index contributed by atoms with van der Waals surface area (Å²) in [6.07, 6.45) is -0.732. The zero-order valence-corrected chi connectivity index (χ0v) is 16.2. The number of esters is 1. The lowest BCUT2D eigenvalue weighted by atomic mass is 10.2. The van der Waals surface area contributed by atoms with Gasteiger partial charge in [0.1, 0.15) is 5.75 Å². The Kier molecular flexibility index (Phi) is 5.29. The molecule has 26 heavy (non-hydrogen) atoms. The molecule has 1 heterocycles. The Morgan fingerprint density at radius 2 is 1.88 bits per heavy atom. The minimum Gasteiger partial charge on any atom is -0.446 e. The van der Waals surface area contributed by atoms with Crippen molar-refractivity contribution >= 4 is 45.3 Å². The van der Waals surface area contributed by atoms with Crippen LogP contribution in [0.25, 0.3) is 0 Å². The van der Waals surface area contributed by atoms with Gasteiger partial charge < -0.3 is 9.47 Å². The quantitative estimate of drug-likeness (QED) is 0.531. The third-order valence-electron chi connectivity index (χ3n) is 3.55. The number of halogens is 2. The Labute approximate surface area is 163 Å². The lowest BCUT2D eigenvalue weighted by molar-refractivity contribution is -0.135. The number of ether oxygens (including phenoxy) is 2. The van der Waals surface area contributed by atoms with Crippen molar-refractivity contribution in [2.45, 2.75) is 20.1 Å². The number of carbonyl (C=O) groups excluding carboxylic acids is 2. The van der Waals surface area contributed by atoms with Gasteiger partial charge in [-0.1, -0.05) is 39.7 Å². The number of hydrogen-bond acceptors (Lipinski definition) is 5. The molecule has 0 radical (unpaired) electrons. The summed E-state index contributed by atoms with van der Waals surface area (Å²) in [6.45, 7) is 2.70. The van der Waals surface area contributed by atoms with E-state index in [0.29, 0.717) is 21.9 Å². The van der Waals surface area contributed by atoms with Crippen LogP contribution in [-0.4, -0.2) is 22.8 Å². The summed E-state index contributed by atoms with van der Waals surface area (Å²) in [4.78, 5) is 23.4. The maximum atomic E-state index is 12.0. The average Bonchev–Trinajstić information content (AvgIpc) is 3.02. The molecule has 0 saturated heterocycles. The van der Waals surface area contributed by atoms with Crippen LogP contribution in [0.4, 0.5) is 0 Å². The van der Waals surface area contributed by atoms with Crippen LogP contribution in [0.2, 0.25) is 5.02 Å². The predicted octanol–water partition coefficient (Wildman–Crippen LogP) is 4.27. The Morgan fingerprint density at radius 1 is 1.19 bits per heavy atom. The Morgan fingerprint density at radius 3 is 2.50 bits per heavy atom. The first kappa shape index (κ1) is 18.4. The molecule has 2 aromatic rings. The lowest BCUT2D eigenvalue weighted by Crippen LogP contribution is -2.25. The molecule has 0 unspecified atom stereocenters. The molecule has 1 aliphatic heterocycles. The molecular formula is C18H14BrClN2O4. The molecule has 0 bridgehead atoms. The topological polar surface area (TPSA) is 68.2 Å². The number of hydrazone groups is 1. The highest BCUT2D eigenvalue weighted by Crippen LogP contribution is 2.34. The lowest BCUT2D eigenvalue weighted by Gasteiger charge is -2.19. The zero-order chi connectivity index (χ0) is 18.8. The van der Waals surface area contributed by atoms with E-state index in [0.717, 1.165) is 4.47 Å². The van der Waals surface area contributed by atoms with Crippen LogP contribution in [0.3, 0.4) is 0 Å². The molecule has 134 valence electrons. The highest BCUT2D eigenvalue weighted by Gasteiger charge is 2.34. The van der Waals surface area contributed by atoms with Crippen LogP contribution in [0, 0.1) is 0 Å². The molecule has 0 fully saturated rings. The number of carbonyl (C=O) groups is 2. The summed E-state index contributed by atoms with van der Waals surface area (Å²) in [5.41, 5.74) is 1.17. The van der Waals surface area contributed by atoms with Crippen LogP contribution in [0.1, 0.15) is 31.2 Å². The van der Waals surface area contributed by atoms with Crippen molar-refractivity contribution in [1.82, 2.24) is 5.01 Å². The van der Waals surface area contributed by atoms with E-state index in [-0.39, 0.29) is 11.8 Å². The maximum absolute atomic E-state index is 12.0. The second-order valence-electron chi connectivity index (χ2n) is 5.52. The molecule has 2 aromatic carbocycles. The minimum atomic E-state index is -0.732. The van der Waals surface area contributed by atoms with Crippen LogP contribution >= 0.6 is 27.5 Å². The van der Waals surface area contributed by atoms with Gasteiger partial charge in [-0.3, -0.25) is 9.59 Å². The fraction of sp³-hybridized carbons (Fsp3) is 0.167. The smallest absolute Gasteiger partial charge is 0.308 e. The van der Waals surface area contributed by atoms with Crippen LogP contribution in [0.5, 0.6) is 5.75 Å². The minimum absolute atomic E-state index is 0.178. The van der Waals surface area contributed by atoms with Gasteiger partial charge in [-0.2, -0.15) is 5.01 Å². The molecule has 3 rings (SSSR count). The van der Waals surface area contributed by atoms with Gasteiger partial charge in [-0.15, -0.1) is 5.10 Å². The molecule has 0 aromatic heterocycles. The molecule has 0 N–H and O–H groups in total. The SMILES string of the molecule is CC(=O)Oc1ccc(Br)cc1C1=NN(C(C)=O)[C@H](c2ccc(Cl)cc2)O1. The Balaban J connectivity index is 2.00. The summed E-state index contributed by atoms with van der Waals surface area (Å²) in [6, 6.07) is 12.0. The molecule has 0 spiro atoms. The van der Waals surface area contributed by atoms with Gasteiger partial charge in [0.15, 0.2) is 0 Å². The Bertz CT molecular complexity index is 899. The fourth-order valence-corrected chi connectivity index (χ4v) is 2.92. The van der Waals surface area contributed by atoms with E-state index in [4.69, 9.17) is 21.1 Å². The molecule has 0 saturated carbocycles. The average molecular weight is 438 g/mol. The number of nitrogens with zero attached hydrogens (tertiary/aromatic N) is 2. The molecule has 6 nitrogen and oxygen atoms in total. The monoisotopic (exact) mass is 436 g/mol. The molecule has 8 heteroatoms. The van der Waals surface area contributed by atoms with Crippen molar-refractivity contribution in [2.24, 2.45) is 5.10 Å². The van der Waals surface area contributed by atoms with Crippen LogP contribution in [0.15, 0.2) is 52.0 Å². The first-order valence-electron chi connectivity index (χ1n) is 7.64. The first-order valence-corrected chi connectivity index (χ1v) is 8.81. The van der Waals surface area contributed by atoms with E-state index < -0.39 is 12.2 Å². The first-order chi connectivity index (χ1) is 12.3. The second kappa shape index (κ2) is 7.47. The summed E-state index contributed by atoms with van der Waals surface area (Å²) < 4.78 is 11.9. The van der Waals surface area contributed by atoms with Crippen molar-refractivity contribution in [3.63, 3.8) is 0 Å². The summed E-state index contributed by atoms with van der Waals surface area (Å²) in [5.74, 6) is -0.286. The van der Waals surface area contributed by atoms with E-state index in [9.17, 15) is 9.59 Å². The normalized spacial score (nSPS) is 16.1. The van der Waals surface area contributed by atoms with E-state index in [1.807, 2.05) is 0 Å². The van der Waals surface area contributed by atoms with Gasteiger partial charge in [0.2, 0.25) is 18.0 Å². The van der Waals surface area contributed by atoms with Crippen molar-refractivity contribution in [3.8, 4) is 5.75 Å². The number of rotatable bonds is 3. The number of hydrogen-bond donors (Lipinski definition) is 0. The molecule has 1 aliphatic rings. The van der Waals surface area contributed by atoms with Gasteiger partial charge in [-0.25, -0.2) is 0 Å². The van der Waals surface area contributed by atoms with Crippen molar-refractivity contribution in [2.75, 3.05) is 0 Å². The largest absolute Gasteiger partial charge is 0.446 e. The fourth-order valence-electron chi connectivity index (χ4n) is 2.43. The van der Waals surface area contributed by atoms with Crippen molar-refractivity contribution in [3.05, 3.63) is 63.1 Å². The molecule has 0 aliphatic carbocycles. The maximum Gasteiger partial charge on any atom is 0.308 e. The third kappa shape index (κ3) is 3.89. The summed E-state index contributed by atoms with van der Waals surface area (Å²) >= 11 is 9.30. The van der Waals surface area contributed by atoms with Gasteiger partial charge in [0.25, 0.3) is 0 Å². The van der Waals surface area contributed by atoms with Gasteiger partial charge in [0.05, 0.1) is 5.56 Å². The Hall–Kier alpha value is -2.38. The van der Waals surface area contributed by atoms with Gasteiger partial charge in [-0.05, 0) is 30.3 Å².